The first-order valence-electron chi connectivity index (χ1n) is 10.6. The van der Waals surface area contributed by atoms with Crippen LogP contribution in [-0.2, 0) is 14.8 Å². The summed E-state index contributed by atoms with van der Waals surface area (Å²) >= 11 is 6.12. The first-order chi connectivity index (χ1) is 16.9. The number of methoxy groups -OCH3 is 1. The number of benzene rings is 3. The highest BCUT2D eigenvalue weighted by molar-refractivity contribution is 7.92. The zero-order valence-electron chi connectivity index (χ0n) is 19.6. The minimum atomic E-state index is -4.50. The van der Waals surface area contributed by atoms with Crippen molar-refractivity contribution in [3.63, 3.8) is 0 Å². The monoisotopic (exact) mass is 535 g/mol. The number of nitro groups is 1. The fourth-order valence-corrected chi connectivity index (χ4v) is 5.09. The Morgan fingerprint density at radius 2 is 1.83 bits per heavy atom. The smallest absolute Gasteiger partial charge is 0.273 e. The number of halogens is 2. The van der Waals surface area contributed by atoms with Crippen LogP contribution < -0.4 is 14.4 Å². The molecule has 0 aromatic heterocycles. The maximum atomic E-state index is 13.7. The Bertz CT molecular complexity index is 1400. The minimum absolute atomic E-state index is 0.0298. The molecule has 0 fully saturated rings. The van der Waals surface area contributed by atoms with Crippen molar-refractivity contribution in [2.45, 2.75) is 24.8 Å². The summed E-state index contributed by atoms with van der Waals surface area (Å²) in [6, 6.07) is 12.6. The van der Waals surface area contributed by atoms with Crippen molar-refractivity contribution < 1.29 is 27.3 Å². The minimum Gasteiger partial charge on any atom is -0.495 e. The molecule has 0 aliphatic carbocycles. The molecular weight excluding hydrogens is 513 g/mol. The molecular formula is C24H23ClFN3O6S. The summed E-state index contributed by atoms with van der Waals surface area (Å²) in [5.41, 5.74) is 0.464. The molecule has 0 radical (unpaired) electrons. The molecule has 12 heteroatoms. The highest BCUT2D eigenvalue weighted by Gasteiger charge is 2.31. The van der Waals surface area contributed by atoms with Crippen molar-refractivity contribution >= 4 is 38.9 Å². The molecule has 1 amide bonds. The van der Waals surface area contributed by atoms with Gasteiger partial charge in [-0.3, -0.25) is 19.2 Å². The second-order valence-corrected chi connectivity index (χ2v) is 10.2. The van der Waals surface area contributed by atoms with Crippen molar-refractivity contribution in [1.82, 2.24) is 5.32 Å². The fraction of sp³-hybridized carbons (Fsp3) is 0.208. The molecule has 0 saturated carbocycles. The van der Waals surface area contributed by atoms with Crippen LogP contribution in [0.1, 0.15) is 24.1 Å². The van der Waals surface area contributed by atoms with Gasteiger partial charge < -0.3 is 10.1 Å². The third-order valence-corrected chi connectivity index (χ3v) is 7.40. The molecule has 3 aromatic rings. The molecule has 3 aromatic carbocycles. The van der Waals surface area contributed by atoms with Crippen molar-refractivity contribution in [3.8, 4) is 5.75 Å². The lowest BCUT2D eigenvalue weighted by molar-refractivity contribution is -0.385. The number of nitro benzene ring substituents is 1. The number of nitrogens with zero attached hydrogens (tertiary/aromatic N) is 2. The first kappa shape index (κ1) is 26.9. The van der Waals surface area contributed by atoms with Crippen molar-refractivity contribution in [1.29, 1.82) is 0 Å². The number of nitrogens with one attached hydrogen (secondary N) is 1. The van der Waals surface area contributed by atoms with E-state index in [4.69, 9.17) is 16.3 Å². The number of ether oxygens (including phenoxy) is 1. The predicted octanol–water partition coefficient (Wildman–Crippen LogP) is 4.78. The van der Waals surface area contributed by atoms with Gasteiger partial charge in [-0.05, 0) is 55.8 Å². The second kappa shape index (κ2) is 10.9. The van der Waals surface area contributed by atoms with Crippen LogP contribution in [0.15, 0.2) is 65.6 Å². The Hall–Kier alpha value is -3.70. The first-order valence-corrected chi connectivity index (χ1v) is 12.4. The van der Waals surface area contributed by atoms with Gasteiger partial charge in [0.1, 0.15) is 18.1 Å². The van der Waals surface area contributed by atoms with Crippen molar-refractivity contribution in [2.75, 3.05) is 18.0 Å². The van der Waals surface area contributed by atoms with Gasteiger partial charge in [0, 0.05) is 16.7 Å². The standard InChI is InChI=1S/C24H23ClFN3O6S/c1-15-4-10-20(13-21(15)29(31)32)36(33,34)28(22-12-18(25)7-11-23(22)35-3)14-24(30)27-16(2)17-5-8-19(26)9-6-17/h4-13,16H,14H2,1-3H3,(H,27,30). The third kappa shape index (κ3) is 5.92. The van der Waals surface area contributed by atoms with E-state index in [0.29, 0.717) is 5.56 Å². The number of rotatable bonds is 9. The van der Waals surface area contributed by atoms with Gasteiger partial charge in [0.25, 0.3) is 15.7 Å². The Morgan fingerprint density at radius 1 is 1.17 bits per heavy atom. The largest absolute Gasteiger partial charge is 0.495 e. The van der Waals surface area contributed by atoms with E-state index in [1.165, 1.54) is 68.6 Å². The molecule has 0 heterocycles. The van der Waals surface area contributed by atoms with Gasteiger partial charge in [-0.15, -0.1) is 0 Å². The van der Waals surface area contributed by atoms with E-state index in [1.54, 1.807) is 6.92 Å². The number of amides is 1. The quantitative estimate of drug-likeness (QED) is 0.311. The number of hydrogen-bond donors (Lipinski definition) is 1. The van der Waals surface area contributed by atoms with Gasteiger partial charge in [0.15, 0.2) is 0 Å². The van der Waals surface area contributed by atoms with Gasteiger partial charge >= 0.3 is 0 Å². The van der Waals surface area contributed by atoms with Crippen LogP contribution in [0.3, 0.4) is 0 Å². The normalized spacial score (nSPS) is 12.0. The number of aryl methyl sites for hydroxylation is 1. The van der Waals surface area contributed by atoms with E-state index < -0.39 is 39.3 Å². The summed E-state index contributed by atoms with van der Waals surface area (Å²) in [6.45, 7) is 2.45. The van der Waals surface area contributed by atoms with E-state index in [9.17, 15) is 27.7 Å². The zero-order valence-corrected chi connectivity index (χ0v) is 21.1. The lowest BCUT2D eigenvalue weighted by atomic mass is 10.1. The van der Waals surface area contributed by atoms with Gasteiger partial charge in [-0.1, -0.05) is 29.8 Å². The Balaban J connectivity index is 2.04. The summed E-state index contributed by atoms with van der Waals surface area (Å²) in [5, 5.41) is 14.3. The summed E-state index contributed by atoms with van der Waals surface area (Å²) in [5.74, 6) is -1.00. The van der Waals surface area contributed by atoms with Crippen molar-refractivity contribution in [2.24, 2.45) is 0 Å². The summed E-state index contributed by atoms with van der Waals surface area (Å²) in [7, 11) is -3.17. The van der Waals surface area contributed by atoms with Crippen molar-refractivity contribution in [3.05, 3.63) is 92.7 Å². The SMILES string of the molecule is COc1ccc(Cl)cc1N(CC(=O)NC(C)c1ccc(F)cc1)S(=O)(=O)c1ccc(C)c([N+](=O)[O-])c1. The van der Waals surface area contributed by atoms with E-state index in [0.717, 1.165) is 10.4 Å². The average molecular weight is 536 g/mol. The average Bonchev–Trinajstić information content (AvgIpc) is 2.82. The molecule has 9 nitrogen and oxygen atoms in total. The number of hydrogen-bond acceptors (Lipinski definition) is 6. The molecule has 0 spiro atoms. The van der Waals surface area contributed by atoms with Crippen LogP contribution >= 0.6 is 11.6 Å². The molecule has 190 valence electrons. The number of carbonyl (C=O) groups is 1. The molecule has 0 aliphatic heterocycles. The molecule has 1 atom stereocenters. The van der Waals surface area contributed by atoms with Crippen LogP contribution in [0.5, 0.6) is 5.75 Å². The molecule has 36 heavy (non-hydrogen) atoms. The van der Waals surface area contributed by atoms with Gasteiger partial charge in [-0.25, -0.2) is 12.8 Å². The maximum Gasteiger partial charge on any atom is 0.273 e. The topological polar surface area (TPSA) is 119 Å². The van der Waals surface area contributed by atoms with Crippen LogP contribution in [0.2, 0.25) is 5.02 Å². The second-order valence-electron chi connectivity index (χ2n) is 7.87. The van der Waals surface area contributed by atoms with E-state index in [2.05, 4.69) is 5.32 Å². The van der Waals surface area contributed by atoms with Gasteiger partial charge in [0.2, 0.25) is 5.91 Å². The van der Waals surface area contributed by atoms with Crippen LogP contribution in [-0.4, -0.2) is 32.9 Å². The van der Waals surface area contributed by atoms with Crippen LogP contribution in [0.4, 0.5) is 15.8 Å². The van der Waals surface area contributed by atoms with Crippen LogP contribution in [0, 0.1) is 22.9 Å². The highest BCUT2D eigenvalue weighted by atomic mass is 35.5. The molecule has 1 unspecified atom stereocenters. The Kier molecular flexibility index (Phi) is 8.16. The number of sulfonamides is 1. The van der Waals surface area contributed by atoms with Gasteiger partial charge in [-0.2, -0.15) is 0 Å². The zero-order chi connectivity index (χ0) is 26.6. The maximum absolute atomic E-state index is 13.7. The fourth-order valence-electron chi connectivity index (χ4n) is 3.48. The summed E-state index contributed by atoms with van der Waals surface area (Å²) in [4.78, 5) is 23.3. The van der Waals surface area contributed by atoms with E-state index in [1.807, 2.05) is 0 Å². The molecule has 1 N–H and O–H groups in total. The van der Waals surface area contributed by atoms with Gasteiger partial charge in [0.05, 0.1) is 28.7 Å². The van der Waals surface area contributed by atoms with E-state index >= 15 is 0 Å². The highest BCUT2D eigenvalue weighted by Crippen LogP contribution is 2.35. The number of carbonyl (C=O) groups excluding carboxylic acids is 1. The summed E-state index contributed by atoms with van der Waals surface area (Å²) in [6.07, 6.45) is 0. The Labute approximate surface area is 212 Å². The third-order valence-electron chi connectivity index (χ3n) is 5.41. The summed E-state index contributed by atoms with van der Waals surface area (Å²) < 4.78 is 46.7. The predicted molar refractivity (Wildman–Crippen MR) is 133 cm³/mol. The van der Waals surface area contributed by atoms with E-state index in [-0.39, 0.29) is 32.6 Å². The Morgan fingerprint density at radius 3 is 2.44 bits per heavy atom. The molecule has 3 rings (SSSR count). The molecule has 0 saturated heterocycles. The van der Waals surface area contributed by atoms with Crippen LogP contribution in [0.25, 0.3) is 0 Å². The lowest BCUT2D eigenvalue weighted by Gasteiger charge is -2.26. The molecule has 0 aliphatic rings. The molecule has 0 bridgehead atoms. The lowest BCUT2D eigenvalue weighted by Crippen LogP contribution is -2.41. The number of anilines is 1.